The van der Waals surface area contributed by atoms with Crippen LogP contribution in [-0.4, -0.2) is 49.7 Å². The normalized spacial score (nSPS) is 49.6. The molecule has 0 amide bonds. The molecule has 76 valence electrons. The summed E-state index contributed by atoms with van der Waals surface area (Å²) >= 11 is 0. The summed E-state index contributed by atoms with van der Waals surface area (Å²) < 4.78 is 21.3. The minimum atomic E-state index is -0.825. The van der Waals surface area contributed by atoms with Gasteiger partial charge in [0.15, 0.2) is 18.2 Å². The molecule has 2 fully saturated rings. The van der Waals surface area contributed by atoms with Crippen LogP contribution in [-0.2, 0) is 18.9 Å². The Balaban J connectivity index is 2.20. The molecule has 0 aromatic heterocycles. The molecule has 1 N–H and O–H groups in total. The summed E-state index contributed by atoms with van der Waals surface area (Å²) in [6.07, 6.45) is -1.07. The molecule has 0 radical (unpaired) electrons. The molecule has 5 heteroatoms. The van der Waals surface area contributed by atoms with Crippen molar-refractivity contribution in [1.29, 1.82) is 0 Å². The molecule has 0 aromatic rings. The molecular formula is C8H14O5. The van der Waals surface area contributed by atoms with E-state index in [0.717, 1.165) is 0 Å². The molecular weight excluding hydrogens is 176 g/mol. The van der Waals surface area contributed by atoms with Gasteiger partial charge in [-0.1, -0.05) is 0 Å². The van der Waals surface area contributed by atoms with Gasteiger partial charge in [-0.25, -0.2) is 0 Å². The van der Waals surface area contributed by atoms with Gasteiger partial charge in [-0.3, -0.25) is 0 Å². The topological polar surface area (TPSA) is 57.2 Å². The Kier molecular flexibility index (Phi) is 2.29. The summed E-state index contributed by atoms with van der Waals surface area (Å²) in [4.78, 5) is 0. The number of hydrogen-bond donors (Lipinski definition) is 1. The summed E-state index contributed by atoms with van der Waals surface area (Å²) in [7, 11) is 1.52. The molecule has 0 saturated carbocycles. The number of aliphatic hydroxyl groups excluding tert-OH is 1. The summed E-state index contributed by atoms with van der Waals surface area (Å²) in [5, 5.41) is 9.28. The average Bonchev–Trinajstić information content (AvgIpc) is 2.58. The number of hydrogen-bond acceptors (Lipinski definition) is 5. The maximum atomic E-state index is 9.28. The number of rotatable bonds is 2. The van der Waals surface area contributed by atoms with Crippen LogP contribution in [0.3, 0.4) is 0 Å². The largest absolute Gasteiger partial charge is 0.393 e. The van der Waals surface area contributed by atoms with E-state index < -0.39 is 11.9 Å². The second kappa shape index (κ2) is 3.18. The lowest BCUT2D eigenvalue weighted by Gasteiger charge is -2.28. The lowest BCUT2D eigenvalue weighted by Crippen LogP contribution is -2.49. The van der Waals surface area contributed by atoms with Crippen LogP contribution < -0.4 is 0 Å². The summed E-state index contributed by atoms with van der Waals surface area (Å²) in [6.45, 7) is 2.05. The van der Waals surface area contributed by atoms with Crippen molar-refractivity contribution in [3.63, 3.8) is 0 Å². The molecule has 0 aliphatic carbocycles. The van der Waals surface area contributed by atoms with Crippen molar-refractivity contribution in [2.45, 2.75) is 31.2 Å². The Labute approximate surface area is 76.5 Å². The van der Waals surface area contributed by atoms with Crippen molar-refractivity contribution >= 4 is 0 Å². The van der Waals surface area contributed by atoms with Gasteiger partial charge in [0.1, 0.15) is 6.10 Å². The fourth-order valence-electron chi connectivity index (χ4n) is 1.94. The van der Waals surface area contributed by atoms with E-state index in [0.29, 0.717) is 6.61 Å². The van der Waals surface area contributed by atoms with Crippen molar-refractivity contribution in [2.75, 3.05) is 20.3 Å². The second-order valence-corrected chi connectivity index (χ2v) is 3.32. The highest BCUT2D eigenvalue weighted by molar-refractivity contribution is 5.00. The quantitative estimate of drug-likeness (QED) is 0.635. The summed E-state index contributed by atoms with van der Waals surface area (Å²) in [5.41, 5.74) is -0.825. The Bertz CT molecular complexity index is 193. The minimum absolute atomic E-state index is 0.152. The van der Waals surface area contributed by atoms with Crippen LogP contribution in [0.5, 0.6) is 0 Å². The van der Waals surface area contributed by atoms with Crippen LogP contribution in [0, 0.1) is 0 Å². The van der Waals surface area contributed by atoms with E-state index in [4.69, 9.17) is 18.9 Å². The number of ether oxygens (including phenoxy) is 4. The van der Waals surface area contributed by atoms with Gasteiger partial charge in [0.05, 0.1) is 13.2 Å². The van der Waals surface area contributed by atoms with Gasteiger partial charge in [-0.2, -0.15) is 0 Å². The molecule has 4 unspecified atom stereocenters. The molecule has 4 atom stereocenters. The van der Waals surface area contributed by atoms with Crippen molar-refractivity contribution in [3.8, 4) is 0 Å². The van der Waals surface area contributed by atoms with E-state index in [2.05, 4.69) is 0 Å². The first kappa shape index (κ1) is 9.36. The van der Waals surface area contributed by atoms with Crippen LogP contribution in [0.1, 0.15) is 6.92 Å². The predicted octanol–water partition coefficient (Wildman–Crippen LogP) is -0.518. The van der Waals surface area contributed by atoms with Gasteiger partial charge >= 0.3 is 0 Å². The van der Waals surface area contributed by atoms with E-state index >= 15 is 0 Å². The zero-order valence-corrected chi connectivity index (χ0v) is 7.73. The van der Waals surface area contributed by atoms with E-state index in [1.54, 1.807) is 6.92 Å². The Hall–Kier alpha value is -0.200. The Morgan fingerprint density at radius 3 is 3.00 bits per heavy atom. The van der Waals surface area contributed by atoms with Crippen molar-refractivity contribution < 1.29 is 24.1 Å². The average molecular weight is 190 g/mol. The fourth-order valence-corrected chi connectivity index (χ4v) is 1.94. The van der Waals surface area contributed by atoms with Crippen molar-refractivity contribution in [1.82, 2.24) is 0 Å². The van der Waals surface area contributed by atoms with Gasteiger partial charge in [-0.15, -0.1) is 0 Å². The third-order valence-electron chi connectivity index (χ3n) is 2.55. The highest BCUT2D eigenvalue weighted by atomic mass is 16.8. The minimum Gasteiger partial charge on any atom is -0.393 e. The first-order valence-corrected chi connectivity index (χ1v) is 4.31. The number of methoxy groups -OCH3 is 1. The molecule has 2 heterocycles. The van der Waals surface area contributed by atoms with Crippen molar-refractivity contribution in [2.24, 2.45) is 0 Å². The van der Waals surface area contributed by atoms with Gasteiger partial charge in [-0.05, 0) is 6.92 Å². The molecule has 13 heavy (non-hydrogen) atoms. The standard InChI is InChI=1S/C8H14O5/c1-5-12-6-3-11-7(10-2)8(6,4-9)13-5/h5-7,9H,3-4H2,1-2H3. The molecule has 0 bridgehead atoms. The Morgan fingerprint density at radius 2 is 2.38 bits per heavy atom. The van der Waals surface area contributed by atoms with E-state index in [1.165, 1.54) is 7.11 Å². The molecule has 0 aromatic carbocycles. The molecule has 2 rings (SSSR count). The second-order valence-electron chi connectivity index (χ2n) is 3.32. The first-order chi connectivity index (χ1) is 6.23. The predicted molar refractivity (Wildman–Crippen MR) is 42.0 cm³/mol. The van der Waals surface area contributed by atoms with Crippen LogP contribution in [0.2, 0.25) is 0 Å². The SMILES string of the molecule is COC1OCC2OC(C)OC21CO. The zero-order valence-electron chi connectivity index (χ0n) is 7.73. The maximum absolute atomic E-state index is 9.28. The molecule has 0 spiro atoms. The molecule has 5 nitrogen and oxygen atoms in total. The van der Waals surface area contributed by atoms with Gasteiger partial charge in [0, 0.05) is 7.11 Å². The highest BCUT2D eigenvalue weighted by Gasteiger charge is 2.59. The third-order valence-corrected chi connectivity index (χ3v) is 2.55. The zero-order chi connectivity index (χ0) is 9.47. The van der Waals surface area contributed by atoms with Gasteiger partial charge < -0.3 is 24.1 Å². The van der Waals surface area contributed by atoms with Crippen LogP contribution in [0.15, 0.2) is 0 Å². The van der Waals surface area contributed by atoms with Gasteiger partial charge in [0.25, 0.3) is 0 Å². The third kappa shape index (κ3) is 1.19. The van der Waals surface area contributed by atoms with E-state index in [-0.39, 0.29) is 19.0 Å². The van der Waals surface area contributed by atoms with E-state index in [9.17, 15) is 5.11 Å². The van der Waals surface area contributed by atoms with Crippen LogP contribution in [0.4, 0.5) is 0 Å². The maximum Gasteiger partial charge on any atom is 0.191 e. The lowest BCUT2D eigenvalue weighted by molar-refractivity contribution is -0.219. The number of aliphatic hydroxyl groups is 1. The van der Waals surface area contributed by atoms with Crippen molar-refractivity contribution in [3.05, 3.63) is 0 Å². The first-order valence-electron chi connectivity index (χ1n) is 4.31. The fraction of sp³-hybridized carbons (Fsp3) is 1.00. The molecule has 2 saturated heterocycles. The van der Waals surface area contributed by atoms with Gasteiger partial charge in [0.2, 0.25) is 0 Å². The van der Waals surface area contributed by atoms with Crippen LogP contribution >= 0.6 is 0 Å². The lowest BCUT2D eigenvalue weighted by atomic mass is 10.0. The summed E-state index contributed by atoms with van der Waals surface area (Å²) in [6, 6.07) is 0. The summed E-state index contributed by atoms with van der Waals surface area (Å²) in [5.74, 6) is 0. The monoisotopic (exact) mass is 190 g/mol. The highest BCUT2D eigenvalue weighted by Crippen LogP contribution is 2.39. The van der Waals surface area contributed by atoms with E-state index in [1.807, 2.05) is 0 Å². The smallest absolute Gasteiger partial charge is 0.191 e. The number of fused-ring (bicyclic) bond motifs is 1. The molecule has 2 aliphatic heterocycles. The van der Waals surface area contributed by atoms with Crippen LogP contribution in [0.25, 0.3) is 0 Å². The Morgan fingerprint density at radius 1 is 1.62 bits per heavy atom. The molecule has 2 aliphatic rings.